The molecule has 0 aromatic heterocycles. The fourth-order valence-corrected chi connectivity index (χ4v) is 1.30. The Bertz CT molecular complexity index is 131. The topological polar surface area (TPSA) is 30.5 Å². The van der Waals surface area contributed by atoms with Crippen LogP contribution in [0.15, 0.2) is 0 Å². The van der Waals surface area contributed by atoms with Gasteiger partial charge in [-0.15, -0.1) is 0 Å². The highest BCUT2D eigenvalue weighted by Crippen LogP contribution is 2.06. The van der Waals surface area contributed by atoms with Crippen LogP contribution < -0.4 is 5.32 Å². The first kappa shape index (κ1) is 14.9. The molecule has 0 fully saturated rings. The van der Waals surface area contributed by atoms with Crippen molar-refractivity contribution in [2.75, 3.05) is 33.5 Å². The monoisotopic (exact) mass is 217 g/mol. The maximum absolute atomic E-state index is 5.38. The zero-order valence-electron chi connectivity index (χ0n) is 10.7. The standard InChI is InChI=1S/C12H27NO2/c1-5-11(2)12(3)13-7-6-8-15-10-9-14-4/h11-13H,5-10H2,1-4H3. The van der Waals surface area contributed by atoms with Crippen molar-refractivity contribution in [3.05, 3.63) is 0 Å². The van der Waals surface area contributed by atoms with E-state index in [1.807, 2.05) is 0 Å². The van der Waals surface area contributed by atoms with Gasteiger partial charge in [0.15, 0.2) is 0 Å². The molecule has 0 heterocycles. The van der Waals surface area contributed by atoms with Crippen molar-refractivity contribution in [1.82, 2.24) is 5.32 Å². The van der Waals surface area contributed by atoms with Crippen molar-refractivity contribution < 1.29 is 9.47 Å². The van der Waals surface area contributed by atoms with Crippen molar-refractivity contribution in [1.29, 1.82) is 0 Å². The first-order valence-corrected chi connectivity index (χ1v) is 6.02. The van der Waals surface area contributed by atoms with Crippen LogP contribution >= 0.6 is 0 Å². The van der Waals surface area contributed by atoms with Crippen LogP contribution in [-0.2, 0) is 9.47 Å². The molecule has 92 valence electrons. The largest absolute Gasteiger partial charge is 0.382 e. The highest BCUT2D eigenvalue weighted by molar-refractivity contribution is 4.66. The van der Waals surface area contributed by atoms with Gasteiger partial charge in [0.25, 0.3) is 0 Å². The fraction of sp³-hybridized carbons (Fsp3) is 1.00. The molecule has 1 N–H and O–H groups in total. The van der Waals surface area contributed by atoms with E-state index < -0.39 is 0 Å². The molecule has 0 aliphatic carbocycles. The lowest BCUT2D eigenvalue weighted by Gasteiger charge is -2.19. The minimum Gasteiger partial charge on any atom is -0.382 e. The van der Waals surface area contributed by atoms with Gasteiger partial charge in [0.1, 0.15) is 0 Å². The lowest BCUT2D eigenvalue weighted by atomic mass is 10.0. The van der Waals surface area contributed by atoms with E-state index in [9.17, 15) is 0 Å². The van der Waals surface area contributed by atoms with E-state index in [1.54, 1.807) is 7.11 Å². The van der Waals surface area contributed by atoms with Gasteiger partial charge >= 0.3 is 0 Å². The van der Waals surface area contributed by atoms with Gasteiger partial charge in [-0.3, -0.25) is 0 Å². The van der Waals surface area contributed by atoms with Gasteiger partial charge in [-0.2, -0.15) is 0 Å². The highest BCUT2D eigenvalue weighted by Gasteiger charge is 2.07. The molecule has 3 heteroatoms. The molecule has 0 aromatic carbocycles. The molecule has 0 aliphatic rings. The van der Waals surface area contributed by atoms with Crippen LogP contribution in [-0.4, -0.2) is 39.5 Å². The number of rotatable bonds is 10. The number of hydrogen-bond acceptors (Lipinski definition) is 3. The van der Waals surface area contributed by atoms with E-state index in [1.165, 1.54) is 6.42 Å². The maximum Gasteiger partial charge on any atom is 0.0700 e. The predicted octanol–water partition coefficient (Wildman–Crippen LogP) is 2.06. The molecule has 0 spiro atoms. The van der Waals surface area contributed by atoms with Crippen molar-refractivity contribution >= 4 is 0 Å². The SMILES string of the molecule is CCC(C)C(C)NCCCOCCOC. The molecule has 15 heavy (non-hydrogen) atoms. The zero-order valence-corrected chi connectivity index (χ0v) is 10.7. The molecule has 3 nitrogen and oxygen atoms in total. The summed E-state index contributed by atoms with van der Waals surface area (Å²) in [5, 5.41) is 3.51. The van der Waals surface area contributed by atoms with Gasteiger partial charge in [-0.25, -0.2) is 0 Å². The predicted molar refractivity (Wildman–Crippen MR) is 64.2 cm³/mol. The fourth-order valence-electron chi connectivity index (χ4n) is 1.30. The van der Waals surface area contributed by atoms with Crippen molar-refractivity contribution in [3.63, 3.8) is 0 Å². The molecule has 2 atom stereocenters. The third-order valence-corrected chi connectivity index (χ3v) is 2.86. The molecule has 0 bridgehead atoms. The zero-order chi connectivity index (χ0) is 11.5. The average molecular weight is 217 g/mol. The smallest absolute Gasteiger partial charge is 0.0700 e. The van der Waals surface area contributed by atoms with E-state index in [2.05, 4.69) is 26.1 Å². The molecule has 0 aliphatic heterocycles. The van der Waals surface area contributed by atoms with E-state index >= 15 is 0 Å². The third kappa shape index (κ3) is 8.85. The summed E-state index contributed by atoms with van der Waals surface area (Å²) in [7, 11) is 1.69. The van der Waals surface area contributed by atoms with Crippen molar-refractivity contribution in [3.8, 4) is 0 Å². The first-order chi connectivity index (χ1) is 7.22. The number of ether oxygens (including phenoxy) is 2. The van der Waals surface area contributed by atoms with E-state index in [0.29, 0.717) is 19.3 Å². The van der Waals surface area contributed by atoms with Crippen LogP contribution in [0.3, 0.4) is 0 Å². The maximum atomic E-state index is 5.38. The molecular weight excluding hydrogens is 190 g/mol. The molecule has 0 rings (SSSR count). The molecule has 0 amide bonds. The summed E-state index contributed by atoms with van der Waals surface area (Å²) >= 11 is 0. The Kier molecular flexibility index (Phi) is 10.3. The number of hydrogen-bond donors (Lipinski definition) is 1. The molecule has 0 saturated heterocycles. The number of nitrogens with one attached hydrogen (secondary N) is 1. The lowest BCUT2D eigenvalue weighted by Crippen LogP contribution is -2.33. The van der Waals surface area contributed by atoms with E-state index in [-0.39, 0.29) is 0 Å². The first-order valence-electron chi connectivity index (χ1n) is 6.02. The second-order valence-electron chi connectivity index (χ2n) is 4.09. The Labute approximate surface area is 94.5 Å². The Morgan fingerprint density at radius 2 is 1.87 bits per heavy atom. The van der Waals surface area contributed by atoms with Gasteiger partial charge < -0.3 is 14.8 Å². The Morgan fingerprint density at radius 1 is 1.13 bits per heavy atom. The molecule has 0 saturated carbocycles. The molecule has 2 unspecified atom stereocenters. The van der Waals surface area contributed by atoms with Gasteiger partial charge in [-0.1, -0.05) is 20.3 Å². The van der Waals surface area contributed by atoms with Crippen LogP contribution in [0, 0.1) is 5.92 Å². The minimum atomic E-state index is 0.606. The second kappa shape index (κ2) is 10.4. The van der Waals surface area contributed by atoms with Gasteiger partial charge in [0, 0.05) is 19.8 Å². The third-order valence-electron chi connectivity index (χ3n) is 2.86. The summed E-state index contributed by atoms with van der Waals surface area (Å²) < 4.78 is 10.3. The summed E-state index contributed by atoms with van der Waals surface area (Å²) in [5.41, 5.74) is 0. The Morgan fingerprint density at radius 3 is 2.47 bits per heavy atom. The van der Waals surface area contributed by atoms with E-state index in [0.717, 1.165) is 25.5 Å². The molecular formula is C12H27NO2. The lowest BCUT2D eigenvalue weighted by molar-refractivity contribution is 0.0691. The highest BCUT2D eigenvalue weighted by atomic mass is 16.5. The quantitative estimate of drug-likeness (QED) is 0.568. The summed E-state index contributed by atoms with van der Waals surface area (Å²) in [6.07, 6.45) is 2.31. The summed E-state index contributed by atoms with van der Waals surface area (Å²) in [5.74, 6) is 0.749. The van der Waals surface area contributed by atoms with Crippen LogP contribution in [0.25, 0.3) is 0 Å². The summed E-state index contributed by atoms with van der Waals surface area (Å²) in [6, 6.07) is 0.606. The van der Waals surface area contributed by atoms with Gasteiger partial charge in [0.2, 0.25) is 0 Å². The summed E-state index contributed by atoms with van der Waals surface area (Å²) in [4.78, 5) is 0. The minimum absolute atomic E-state index is 0.606. The average Bonchev–Trinajstić information content (AvgIpc) is 2.26. The van der Waals surface area contributed by atoms with E-state index in [4.69, 9.17) is 9.47 Å². The molecule has 0 aromatic rings. The van der Waals surface area contributed by atoms with Gasteiger partial charge in [0.05, 0.1) is 13.2 Å². The van der Waals surface area contributed by atoms with Crippen LogP contribution in [0.2, 0.25) is 0 Å². The second-order valence-corrected chi connectivity index (χ2v) is 4.09. The van der Waals surface area contributed by atoms with Crippen molar-refractivity contribution in [2.45, 2.75) is 39.7 Å². The summed E-state index contributed by atoms with van der Waals surface area (Å²) in [6.45, 7) is 10.0. The van der Waals surface area contributed by atoms with Gasteiger partial charge in [-0.05, 0) is 25.8 Å². The van der Waals surface area contributed by atoms with Crippen LogP contribution in [0.4, 0.5) is 0 Å². The Balaban J connectivity index is 3.16. The molecule has 0 radical (unpaired) electrons. The van der Waals surface area contributed by atoms with Crippen LogP contribution in [0.5, 0.6) is 0 Å². The number of methoxy groups -OCH3 is 1. The van der Waals surface area contributed by atoms with Crippen LogP contribution in [0.1, 0.15) is 33.6 Å². The normalized spacial score (nSPS) is 15.2. The van der Waals surface area contributed by atoms with Crippen molar-refractivity contribution in [2.24, 2.45) is 5.92 Å². The Hall–Kier alpha value is -0.120.